The van der Waals surface area contributed by atoms with E-state index in [0.717, 1.165) is 12.8 Å². The molecular formula is C17H21ClN2O4. The second-order valence-corrected chi connectivity index (χ2v) is 6.29. The number of carbonyl (C=O) groups is 3. The van der Waals surface area contributed by atoms with Crippen molar-refractivity contribution in [1.82, 2.24) is 5.32 Å². The number of nitrogens with one attached hydrogen (secondary N) is 1. The summed E-state index contributed by atoms with van der Waals surface area (Å²) in [4.78, 5) is 37.6. The van der Waals surface area contributed by atoms with E-state index >= 15 is 0 Å². The van der Waals surface area contributed by atoms with E-state index in [4.69, 9.17) is 16.3 Å². The summed E-state index contributed by atoms with van der Waals surface area (Å²) < 4.78 is 5.37. The normalized spacial score (nSPS) is 14.6. The van der Waals surface area contributed by atoms with Crippen LogP contribution in [0.1, 0.15) is 37.0 Å². The molecule has 1 N–H and O–H groups in total. The smallest absolute Gasteiger partial charge is 0.265 e. The summed E-state index contributed by atoms with van der Waals surface area (Å²) in [6.45, 7) is 3.96. The van der Waals surface area contributed by atoms with Crippen LogP contribution in [0.15, 0.2) is 18.2 Å². The Morgan fingerprint density at radius 1 is 1.42 bits per heavy atom. The number of benzene rings is 1. The van der Waals surface area contributed by atoms with E-state index in [1.165, 1.54) is 4.90 Å². The fraction of sp³-hybridized carbons (Fsp3) is 0.471. The maximum Gasteiger partial charge on any atom is 0.265 e. The molecular weight excluding hydrogens is 332 g/mol. The van der Waals surface area contributed by atoms with Gasteiger partial charge >= 0.3 is 0 Å². The Kier molecular flexibility index (Phi) is 6.20. The number of hydrogen-bond acceptors (Lipinski definition) is 4. The fourth-order valence-electron chi connectivity index (χ4n) is 2.36. The topological polar surface area (TPSA) is 75.7 Å². The van der Waals surface area contributed by atoms with Crippen molar-refractivity contribution >= 4 is 34.9 Å². The second-order valence-electron chi connectivity index (χ2n) is 5.63. The van der Waals surface area contributed by atoms with Crippen LogP contribution < -0.4 is 15.0 Å². The summed E-state index contributed by atoms with van der Waals surface area (Å²) >= 11 is 5.84. The highest BCUT2D eigenvalue weighted by Crippen LogP contribution is 2.33. The van der Waals surface area contributed by atoms with Crippen molar-refractivity contribution in [3.63, 3.8) is 0 Å². The predicted molar refractivity (Wildman–Crippen MR) is 91.9 cm³/mol. The lowest BCUT2D eigenvalue weighted by atomic mass is 10.1. The third-order valence-corrected chi connectivity index (χ3v) is 3.90. The minimum atomic E-state index is -0.672. The molecule has 2 amide bonds. The van der Waals surface area contributed by atoms with Crippen LogP contribution in [0.5, 0.6) is 5.75 Å². The first-order chi connectivity index (χ1) is 11.4. The van der Waals surface area contributed by atoms with Crippen LogP contribution in [0.25, 0.3) is 0 Å². The highest BCUT2D eigenvalue weighted by atomic mass is 35.5. The molecule has 0 aliphatic carbocycles. The number of anilines is 1. The van der Waals surface area contributed by atoms with E-state index in [1.54, 1.807) is 25.1 Å². The molecule has 1 aliphatic heterocycles. The monoisotopic (exact) mass is 352 g/mol. The van der Waals surface area contributed by atoms with Gasteiger partial charge in [-0.05, 0) is 31.5 Å². The second kappa shape index (κ2) is 8.15. The number of Topliss-reactive ketones (excluding diaryl/α,β-unsaturated/α-hetero) is 1. The molecule has 1 aromatic carbocycles. The van der Waals surface area contributed by atoms with Gasteiger partial charge in [0.2, 0.25) is 5.91 Å². The van der Waals surface area contributed by atoms with Crippen LogP contribution >= 0.6 is 11.6 Å². The van der Waals surface area contributed by atoms with Gasteiger partial charge in [0.25, 0.3) is 5.91 Å². The molecule has 0 saturated heterocycles. The number of rotatable bonds is 7. The maximum absolute atomic E-state index is 12.1. The molecule has 0 saturated carbocycles. The van der Waals surface area contributed by atoms with Crippen LogP contribution in [0, 0.1) is 0 Å². The van der Waals surface area contributed by atoms with Gasteiger partial charge < -0.3 is 10.1 Å². The first kappa shape index (κ1) is 18.3. The quantitative estimate of drug-likeness (QED) is 0.463. The zero-order valence-corrected chi connectivity index (χ0v) is 14.6. The van der Waals surface area contributed by atoms with E-state index in [9.17, 15) is 14.4 Å². The molecule has 0 spiro atoms. The summed E-state index contributed by atoms with van der Waals surface area (Å²) in [6, 6.07) is 4.78. The molecule has 1 atom stereocenters. The summed E-state index contributed by atoms with van der Waals surface area (Å²) in [5.41, 5.74) is 0.797. The largest absolute Gasteiger partial charge is 0.482 e. The molecule has 0 fully saturated rings. The molecule has 1 aromatic rings. The number of amides is 2. The van der Waals surface area contributed by atoms with Gasteiger partial charge in [0.1, 0.15) is 12.3 Å². The fourth-order valence-corrected chi connectivity index (χ4v) is 2.49. The standard InChI is InChI=1S/C17H21ClN2O4/c1-3-4-7-19-15(21)9-20-13-8-12(17(23)11(2)18)5-6-14(13)24-10-16(20)22/h5-6,8,11H,3-4,7,9-10H2,1-2H3,(H,19,21). The van der Waals surface area contributed by atoms with Crippen molar-refractivity contribution in [2.24, 2.45) is 0 Å². The molecule has 1 heterocycles. The van der Waals surface area contributed by atoms with Crippen molar-refractivity contribution in [1.29, 1.82) is 0 Å². The van der Waals surface area contributed by atoms with Gasteiger partial charge in [-0.1, -0.05) is 13.3 Å². The van der Waals surface area contributed by atoms with Gasteiger partial charge in [0.15, 0.2) is 12.4 Å². The minimum absolute atomic E-state index is 0.104. The van der Waals surface area contributed by atoms with E-state index in [2.05, 4.69) is 5.32 Å². The lowest BCUT2D eigenvalue weighted by Gasteiger charge is -2.29. The van der Waals surface area contributed by atoms with Crippen molar-refractivity contribution in [3.05, 3.63) is 23.8 Å². The number of fused-ring (bicyclic) bond motifs is 1. The molecule has 24 heavy (non-hydrogen) atoms. The third-order valence-electron chi connectivity index (χ3n) is 3.70. The molecule has 1 unspecified atom stereocenters. The molecule has 0 aromatic heterocycles. The number of unbranched alkanes of at least 4 members (excludes halogenated alkanes) is 1. The first-order valence-corrected chi connectivity index (χ1v) is 8.40. The number of carbonyl (C=O) groups excluding carboxylic acids is 3. The SMILES string of the molecule is CCCCNC(=O)CN1C(=O)COc2ccc(C(=O)C(C)Cl)cc21. The van der Waals surface area contributed by atoms with Crippen LogP contribution in [-0.4, -0.2) is 42.7 Å². The molecule has 1 aliphatic rings. The van der Waals surface area contributed by atoms with Crippen molar-refractivity contribution in [3.8, 4) is 5.75 Å². The van der Waals surface area contributed by atoms with Crippen LogP contribution in [0.3, 0.4) is 0 Å². The van der Waals surface area contributed by atoms with E-state index in [-0.39, 0.29) is 30.7 Å². The van der Waals surface area contributed by atoms with E-state index in [1.807, 2.05) is 6.92 Å². The number of hydrogen-bond donors (Lipinski definition) is 1. The van der Waals surface area contributed by atoms with Crippen LogP contribution in [0.2, 0.25) is 0 Å². The molecule has 2 rings (SSSR count). The van der Waals surface area contributed by atoms with Gasteiger partial charge in [-0.2, -0.15) is 0 Å². The predicted octanol–water partition coefficient (Wildman–Crippen LogP) is 2.14. The third kappa shape index (κ3) is 4.26. The van der Waals surface area contributed by atoms with Crippen molar-refractivity contribution < 1.29 is 19.1 Å². The van der Waals surface area contributed by atoms with Crippen LogP contribution in [-0.2, 0) is 9.59 Å². The van der Waals surface area contributed by atoms with E-state index in [0.29, 0.717) is 23.5 Å². The highest BCUT2D eigenvalue weighted by molar-refractivity contribution is 6.33. The maximum atomic E-state index is 12.1. The molecule has 7 heteroatoms. The Balaban J connectivity index is 2.21. The Morgan fingerprint density at radius 2 is 2.17 bits per heavy atom. The van der Waals surface area contributed by atoms with Crippen LogP contribution in [0.4, 0.5) is 5.69 Å². The Bertz CT molecular complexity index is 645. The van der Waals surface area contributed by atoms with Crippen molar-refractivity contribution in [2.75, 3.05) is 24.6 Å². The number of nitrogens with zero attached hydrogens (tertiary/aromatic N) is 1. The van der Waals surface area contributed by atoms with Gasteiger partial charge in [-0.3, -0.25) is 19.3 Å². The Morgan fingerprint density at radius 3 is 2.83 bits per heavy atom. The molecule has 130 valence electrons. The number of alkyl halides is 1. The summed E-state index contributed by atoms with van der Waals surface area (Å²) in [5, 5.41) is 2.10. The summed E-state index contributed by atoms with van der Waals surface area (Å²) in [6.07, 6.45) is 1.85. The average Bonchev–Trinajstić information content (AvgIpc) is 2.56. The van der Waals surface area contributed by atoms with Gasteiger partial charge in [-0.15, -0.1) is 11.6 Å². The Labute approximate surface area is 146 Å². The highest BCUT2D eigenvalue weighted by Gasteiger charge is 2.28. The molecule has 0 bridgehead atoms. The minimum Gasteiger partial charge on any atom is -0.482 e. The molecule has 0 radical (unpaired) electrons. The van der Waals surface area contributed by atoms with Gasteiger partial charge in [0, 0.05) is 12.1 Å². The average molecular weight is 353 g/mol. The number of ketones is 1. The first-order valence-electron chi connectivity index (χ1n) is 7.96. The number of halogens is 1. The zero-order chi connectivity index (χ0) is 17.7. The van der Waals surface area contributed by atoms with Crippen molar-refractivity contribution in [2.45, 2.75) is 32.1 Å². The summed E-state index contributed by atoms with van der Waals surface area (Å²) in [5.74, 6) is -0.344. The zero-order valence-electron chi connectivity index (χ0n) is 13.8. The Hall–Kier alpha value is -2.08. The number of ether oxygens (including phenoxy) is 1. The van der Waals surface area contributed by atoms with Gasteiger partial charge in [0.05, 0.1) is 11.1 Å². The van der Waals surface area contributed by atoms with E-state index < -0.39 is 5.38 Å². The van der Waals surface area contributed by atoms with Gasteiger partial charge in [-0.25, -0.2) is 0 Å². The summed E-state index contributed by atoms with van der Waals surface area (Å²) in [7, 11) is 0. The molecule has 6 nitrogen and oxygen atoms in total. The lowest BCUT2D eigenvalue weighted by Crippen LogP contribution is -2.45. The lowest BCUT2D eigenvalue weighted by molar-refractivity contribution is -0.125.